The zero-order valence-corrected chi connectivity index (χ0v) is 23.9. The predicted molar refractivity (Wildman–Crippen MR) is 146 cm³/mol. The second-order valence-electron chi connectivity index (χ2n) is 10.4. The van der Waals surface area contributed by atoms with Gasteiger partial charge in [0.1, 0.15) is 6.04 Å². The molecule has 0 bridgehead atoms. The highest BCUT2D eigenvalue weighted by Gasteiger charge is 2.63. The number of aliphatic hydroxyl groups is 1. The largest absolute Gasteiger partial charge is 0.480 e. The second kappa shape index (κ2) is 13.3. The van der Waals surface area contributed by atoms with Crippen molar-refractivity contribution < 1.29 is 33.5 Å². The van der Waals surface area contributed by atoms with Gasteiger partial charge in [-0.3, -0.25) is 9.00 Å². The average Bonchev–Trinajstić information content (AvgIpc) is 3.41. The van der Waals surface area contributed by atoms with Crippen molar-refractivity contribution in [2.45, 2.75) is 94.1 Å². The molecule has 2 unspecified atom stereocenters. The van der Waals surface area contributed by atoms with Crippen LogP contribution in [0.3, 0.4) is 0 Å². The molecule has 0 radical (unpaired) electrons. The smallest absolute Gasteiger partial charge is 0.327 e. The van der Waals surface area contributed by atoms with E-state index >= 15 is 0 Å². The average molecular weight is 556 g/mol. The summed E-state index contributed by atoms with van der Waals surface area (Å²) in [4.78, 5) is 24.0. The van der Waals surface area contributed by atoms with E-state index in [9.17, 15) is 13.8 Å². The fourth-order valence-electron chi connectivity index (χ4n) is 4.98. The zero-order valence-electron chi connectivity index (χ0n) is 22.3. The van der Waals surface area contributed by atoms with E-state index in [1.165, 1.54) is 54.3 Å². The molecule has 1 aromatic carbocycles. The zero-order chi connectivity index (χ0) is 27.2. The Kier molecular flexibility index (Phi) is 10.7. The van der Waals surface area contributed by atoms with E-state index in [0.717, 1.165) is 30.1 Å². The van der Waals surface area contributed by atoms with E-state index in [2.05, 4.69) is 13.8 Å². The third-order valence-corrected chi connectivity index (χ3v) is 10.5. The molecule has 0 spiro atoms. The molecule has 37 heavy (non-hydrogen) atoms. The number of carboxylic acids is 1. The molecule has 0 aliphatic carbocycles. The topological polar surface area (TPSA) is 113 Å². The monoisotopic (exact) mass is 555 g/mol. The minimum absolute atomic E-state index is 0.168. The lowest BCUT2D eigenvalue weighted by Crippen LogP contribution is -2.63. The summed E-state index contributed by atoms with van der Waals surface area (Å²) in [5.74, 6) is 0.819. The molecule has 1 amide bonds. The third-order valence-electron chi connectivity index (χ3n) is 7.09. The number of rotatable bonds is 12. The Morgan fingerprint density at radius 1 is 1.19 bits per heavy atom. The van der Waals surface area contributed by atoms with Crippen molar-refractivity contribution >= 4 is 34.4 Å². The minimum atomic E-state index is -0.972. The second-order valence-corrected chi connectivity index (χ2v) is 14.2. The number of thioether (sulfide) groups is 1. The van der Waals surface area contributed by atoms with E-state index < -0.39 is 33.5 Å². The maximum atomic E-state index is 12.3. The molecule has 2 N–H and O–H groups in total. The van der Waals surface area contributed by atoms with Gasteiger partial charge in [-0.2, -0.15) is 0 Å². The number of carbonyl (C=O) groups excluding carboxylic acids is 1. The number of nitrogens with zero attached hydrogens (tertiary/aromatic N) is 1. The molecule has 3 aliphatic rings. The number of carbonyl (C=O) groups is 2. The summed E-state index contributed by atoms with van der Waals surface area (Å²) in [6.45, 7) is 8.05. The molecule has 2 saturated heterocycles. The Bertz CT molecular complexity index is 970. The first-order chi connectivity index (χ1) is 17.6. The number of fused-ring (bicyclic) bond motifs is 2. The van der Waals surface area contributed by atoms with Crippen molar-refractivity contribution in [2.24, 2.45) is 5.92 Å². The summed E-state index contributed by atoms with van der Waals surface area (Å²) in [6, 6.07) is 5.23. The lowest BCUT2D eigenvalue weighted by atomic mass is 9.92. The first-order valence-corrected chi connectivity index (χ1v) is 15.5. The van der Waals surface area contributed by atoms with E-state index in [1.807, 2.05) is 32.0 Å². The summed E-state index contributed by atoms with van der Waals surface area (Å²) in [7, 11) is -0.743. The molecule has 208 valence electrons. The summed E-state index contributed by atoms with van der Waals surface area (Å²) < 4.78 is 22.5. The van der Waals surface area contributed by atoms with Gasteiger partial charge in [0, 0.05) is 26.5 Å². The first kappa shape index (κ1) is 29.8. The van der Waals surface area contributed by atoms with Gasteiger partial charge < -0.3 is 24.6 Å². The van der Waals surface area contributed by atoms with E-state index in [1.54, 1.807) is 0 Å². The summed E-state index contributed by atoms with van der Waals surface area (Å²) in [5.41, 5.74) is 1.17. The Morgan fingerprint density at radius 3 is 2.54 bits per heavy atom. The van der Waals surface area contributed by atoms with Gasteiger partial charge in [0.15, 0.2) is 11.5 Å². The highest BCUT2D eigenvalue weighted by atomic mass is 32.2. The molecular formula is C27H41NO7S2. The molecule has 10 heteroatoms. The number of hydrogen-bond acceptors (Lipinski definition) is 7. The van der Waals surface area contributed by atoms with Crippen LogP contribution in [0.25, 0.3) is 0 Å². The van der Waals surface area contributed by atoms with E-state index in [4.69, 9.17) is 19.7 Å². The van der Waals surface area contributed by atoms with Gasteiger partial charge in [0.25, 0.3) is 0 Å². The number of ether oxygens (including phenoxy) is 2. The van der Waals surface area contributed by atoms with Crippen LogP contribution in [-0.2, 0) is 26.8 Å². The van der Waals surface area contributed by atoms with Crippen molar-refractivity contribution in [3.05, 3.63) is 23.8 Å². The standard InChI is InChI=1S/C18H28O3S.C9H13NO4S/c1-3-4-5-6-7-8-11-22(19)15(2)12-16-9-10-17-18(13-16)21-14-20-17;1-9(2)5(8(13)14)10-6(12)4(3-11)7(10)15-9/h9-10,13,15H,3-8,11-12,14H2,1-2H3;4-5,7,11H,3H2,1-2H3,(H,13,14)/t;4-,5+,7-/m.1/s1. The Hall–Kier alpha value is -1.78. The number of carboxylic acid groups (broad SMARTS) is 1. The molecular weight excluding hydrogens is 514 g/mol. The molecule has 0 aromatic heterocycles. The van der Waals surface area contributed by atoms with Crippen molar-refractivity contribution in [1.82, 2.24) is 4.90 Å². The quantitative estimate of drug-likeness (QED) is 0.292. The first-order valence-electron chi connectivity index (χ1n) is 13.2. The molecule has 2 fully saturated rings. The van der Waals surface area contributed by atoms with Gasteiger partial charge in [-0.1, -0.05) is 52.0 Å². The molecule has 0 saturated carbocycles. The number of unbranched alkanes of at least 4 members (excludes halogenated alkanes) is 5. The number of β-lactam (4-membered cyclic amide) rings is 1. The summed E-state index contributed by atoms with van der Waals surface area (Å²) in [6.07, 6.45) is 8.32. The van der Waals surface area contributed by atoms with Gasteiger partial charge in [-0.25, -0.2) is 4.79 Å². The van der Waals surface area contributed by atoms with Crippen molar-refractivity contribution in [2.75, 3.05) is 19.2 Å². The summed E-state index contributed by atoms with van der Waals surface area (Å²) in [5, 5.41) is 18.1. The number of benzene rings is 1. The lowest BCUT2D eigenvalue weighted by Gasteiger charge is -2.42. The van der Waals surface area contributed by atoms with Gasteiger partial charge in [-0.05, 0) is 44.4 Å². The van der Waals surface area contributed by atoms with Crippen molar-refractivity contribution in [3.8, 4) is 11.5 Å². The van der Waals surface area contributed by atoms with Crippen LogP contribution in [0.1, 0.15) is 71.8 Å². The molecule has 5 atom stereocenters. The van der Waals surface area contributed by atoms with Crippen LogP contribution in [0, 0.1) is 5.92 Å². The molecule has 1 aromatic rings. The van der Waals surface area contributed by atoms with Crippen LogP contribution in [0.15, 0.2) is 18.2 Å². The van der Waals surface area contributed by atoms with E-state index in [-0.39, 0.29) is 23.1 Å². The fourth-order valence-corrected chi connectivity index (χ4v) is 7.92. The summed E-state index contributed by atoms with van der Waals surface area (Å²) >= 11 is 1.45. The normalized spacial score (nSPS) is 24.5. The fraction of sp³-hybridized carbons (Fsp3) is 0.704. The highest BCUT2D eigenvalue weighted by molar-refractivity contribution is 8.01. The maximum Gasteiger partial charge on any atom is 0.327 e. The van der Waals surface area contributed by atoms with Crippen LogP contribution in [0.5, 0.6) is 11.5 Å². The highest BCUT2D eigenvalue weighted by Crippen LogP contribution is 2.52. The Labute approximate surface area is 226 Å². The predicted octanol–water partition coefficient (Wildman–Crippen LogP) is 4.20. The number of hydrogen-bond donors (Lipinski definition) is 2. The third kappa shape index (κ3) is 7.20. The number of aliphatic carboxylic acids is 1. The van der Waals surface area contributed by atoms with Crippen LogP contribution in [0.2, 0.25) is 0 Å². The minimum Gasteiger partial charge on any atom is -0.480 e. The van der Waals surface area contributed by atoms with Crippen LogP contribution < -0.4 is 9.47 Å². The van der Waals surface area contributed by atoms with Crippen molar-refractivity contribution in [3.63, 3.8) is 0 Å². The van der Waals surface area contributed by atoms with Gasteiger partial charge in [0.05, 0.1) is 17.9 Å². The number of amides is 1. The molecule has 8 nitrogen and oxygen atoms in total. The van der Waals surface area contributed by atoms with Crippen LogP contribution in [-0.4, -0.2) is 71.8 Å². The maximum absolute atomic E-state index is 12.3. The van der Waals surface area contributed by atoms with E-state index in [0.29, 0.717) is 6.79 Å². The van der Waals surface area contributed by atoms with Crippen molar-refractivity contribution in [1.29, 1.82) is 0 Å². The number of aliphatic hydroxyl groups excluding tert-OH is 1. The van der Waals surface area contributed by atoms with Gasteiger partial charge in [-0.15, -0.1) is 11.8 Å². The lowest BCUT2D eigenvalue weighted by molar-refractivity contribution is -0.165. The van der Waals surface area contributed by atoms with Gasteiger partial charge >= 0.3 is 5.97 Å². The molecule has 3 heterocycles. The Balaban J connectivity index is 0.000000220. The van der Waals surface area contributed by atoms with Gasteiger partial charge in [0.2, 0.25) is 12.7 Å². The SMILES string of the molecule is CC1(C)S[C@@H]2[C@H](CO)C(=O)N2[C@H]1C(=O)O.CCCCCCCCS(=O)C(C)Cc1ccc2c(c1)OCO2. The molecule has 3 aliphatic heterocycles. The molecule has 4 rings (SSSR count). The van der Waals surface area contributed by atoms with Crippen LogP contribution in [0.4, 0.5) is 0 Å². The Morgan fingerprint density at radius 2 is 1.86 bits per heavy atom. The van der Waals surface area contributed by atoms with Crippen LogP contribution >= 0.6 is 11.8 Å².